The number of nitrogens with two attached hydrogens (primary N) is 1. The second-order valence-corrected chi connectivity index (χ2v) is 9.83. The molecular formula is C27H27F3N6O. The number of hydrogen-bond acceptors (Lipinski definition) is 5. The highest BCUT2D eigenvalue weighted by Crippen LogP contribution is 2.40. The average molecular weight is 509 g/mol. The number of aromatic nitrogens is 2. The molecule has 3 heterocycles. The first-order valence-electron chi connectivity index (χ1n) is 12.1. The van der Waals surface area contributed by atoms with Crippen LogP contribution in [0.1, 0.15) is 36.0 Å². The van der Waals surface area contributed by atoms with Crippen molar-refractivity contribution in [1.82, 2.24) is 14.9 Å². The summed E-state index contributed by atoms with van der Waals surface area (Å²) in [4.78, 5) is 20.1. The third-order valence-electron chi connectivity index (χ3n) is 7.52. The SMILES string of the molecule is Cn1cccc1-c1ccc(C2(C(=O)N[C@@H]3C[C@H]3N)CCN(c3ccc(C(F)(F)F)cc3C#N)CC2)cn1. The van der Waals surface area contributed by atoms with Crippen LogP contribution in [0.5, 0.6) is 0 Å². The molecule has 7 nitrogen and oxygen atoms in total. The molecule has 2 aromatic heterocycles. The van der Waals surface area contributed by atoms with E-state index in [1.807, 2.05) is 53.0 Å². The lowest BCUT2D eigenvalue weighted by atomic mass is 9.72. The summed E-state index contributed by atoms with van der Waals surface area (Å²) >= 11 is 0. The van der Waals surface area contributed by atoms with Crippen LogP contribution in [0.25, 0.3) is 11.4 Å². The number of alkyl halides is 3. The van der Waals surface area contributed by atoms with E-state index in [4.69, 9.17) is 5.73 Å². The minimum Gasteiger partial charge on any atom is -0.370 e. The van der Waals surface area contributed by atoms with E-state index in [2.05, 4.69) is 10.3 Å². The minimum atomic E-state index is -4.53. The molecule has 0 radical (unpaired) electrons. The molecule has 0 unspecified atom stereocenters. The number of piperidine rings is 1. The zero-order valence-electron chi connectivity index (χ0n) is 20.3. The number of pyridine rings is 1. The number of nitriles is 1. The molecule has 1 saturated heterocycles. The molecule has 2 fully saturated rings. The summed E-state index contributed by atoms with van der Waals surface area (Å²) in [6, 6.07) is 12.7. The zero-order valence-corrected chi connectivity index (χ0v) is 20.3. The van der Waals surface area contributed by atoms with E-state index in [0.717, 1.165) is 35.5 Å². The maximum absolute atomic E-state index is 13.6. The molecule has 2 aliphatic rings. The number of carbonyl (C=O) groups excluding carboxylic acids is 1. The van der Waals surface area contributed by atoms with Gasteiger partial charge in [-0.1, -0.05) is 6.07 Å². The Balaban J connectivity index is 1.42. The molecule has 3 N–H and O–H groups in total. The normalized spacial score (nSPS) is 20.8. The average Bonchev–Trinajstić information content (AvgIpc) is 3.41. The Morgan fingerprint density at radius 3 is 2.49 bits per heavy atom. The van der Waals surface area contributed by atoms with Crippen LogP contribution in [0.4, 0.5) is 18.9 Å². The van der Waals surface area contributed by atoms with Crippen molar-refractivity contribution in [1.29, 1.82) is 5.26 Å². The first-order chi connectivity index (χ1) is 17.6. The number of nitrogens with one attached hydrogen (secondary N) is 1. The van der Waals surface area contributed by atoms with Gasteiger partial charge in [0.2, 0.25) is 5.91 Å². The second kappa shape index (κ2) is 9.23. The Morgan fingerprint density at radius 2 is 1.95 bits per heavy atom. The van der Waals surface area contributed by atoms with Crippen LogP contribution in [0, 0.1) is 11.3 Å². The topological polar surface area (TPSA) is 100.0 Å². The van der Waals surface area contributed by atoms with Crippen LogP contribution < -0.4 is 16.0 Å². The molecule has 5 rings (SSSR count). The van der Waals surface area contributed by atoms with Crippen molar-refractivity contribution in [3.63, 3.8) is 0 Å². The maximum atomic E-state index is 13.6. The molecule has 1 amide bonds. The van der Waals surface area contributed by atoms with Crippen LogP contribution in [0.3, 0.4) is 0 Å². The molecule has 1 aliphatic carbocycles. The van der Waals surface area contributed by atoms with Gasteiger partial charge in [0.15, 0.2) is 0 Å². The predicted octanol–water partition coefficient (Wildman–Crippen LogP) is 3.73. The molecule has 0 spiro atoms. The Morgan fingerprint density at radius 1 is 1.22 bits per heavy atom. The van der Waals surface area contributed by atoms with Crippen LogP contribution in [0.15, 0.2) is 54.9 Å². The number of hydrogen-bond donors (Lipinski definition) is 2. The van der Waals surface area contributed by atoms with Crippen LogP contribution in [-0.4, -0.2) is 40.6 Å². The largest absolute Gasteiger partial charge is 0.416 e. The fourth-order valence-electron chi connectivity index (χ4n) is 5.10. The van der Waals surface area contributed by atoms with Gasteiger partial charge in [-0.25, -0.2) is 0 Å². The molecule has 0 bridgehead atoms. The highest BCUT2D eigenvalue weighted by atomic mass is 19.4. The van der Waals surface area contributed by atoms with Crippen molar-refractivity contribution in [2.45, 2.75) is 42.9 Å². The van der Waals surface area contributed by atoms with Crippen molar-refractivity contribution in [3.8, 4) is 17.5 Å². The van der Waals surface area contributed by atoms with Gasteiger partial charge >= 0.3 is 6.18 Å². The van der Waals surface area contributed by atoms with Crippen molar-refractivity contribution in [3.05, 3.63) is 71.5 Å². The molecule has 10 heteroatoms. The monoisotopic (exact) mass is 508 g/mol. The number of carbonyl (C=O) groups is 1. The lowest BCUT2D eigenvalue weighted by molar-refractivity contribution is -0.137. The minimum absolute atomic E-state index is 0.0377. The highest BCUT2D eigenvalue weighted by Gasteiger charge is 2.46. The van der Waals surface area contributed by atoms with E-state index in [0.29, 0.717) is 31.6 Å². The Kier molecular flexibility index (Phi) is 6.20. The van der Waals surface area contributed by atoms with Gasteiger partial charge < -0.3 is 20.5 Å². The van der Waals surface area contributed by atoms with Gasteiger partial charge in [0.05, 0.1) is 33.6 Å². The van der Waals surface area contributed by atoms with Crippen LogP contribution >= 0.6 is 0 Å². The van der Waals surface area contributed by atoms with E-state index in [1.165, 1.54) is 6.07 Å². The van der Waals surface area contributed by atoms with Gasteiger partial charge in [0, 0.05) is 44.6 Å². The van der Waals surface area contributed by atoms with E-state index >= 15 is 0 Å². The number of benzene rings is 1. The number of anilines is 1. The summed E-state index contributed by atoms with van der Waals surface area (Å²) in [7, 11) is 1.94. The first kappa shape index (κ1) is 24.8. The molecular weight excluding hydrogens is 481 g/mol. The molecule has 3 aromatic rings. The third-order valence-corrected chi connectivity index (χ3v) is 7.52. The highest BCUT2D eigenvalue weighted by molar-refractivity contribution is 5.89. The lowest BCUT2D eigenvalue weighted by Gasteiger charge is -2.42. The van der Waals surface area contributed by atoms with Crippen molar-refractivity contribution < 1.29 is 18.0 Å². The number of amides is 1. The summed E-state index contributed by atoms with van der Waals surface area (Å²) in [5.41, 5.74) is 7.14. The quantitative estimate of drug-likeness (QED) is 0.547. The molecule has 1 aromatic carbocycles. The van der Waals surface area contributed by atoms with E-state index in [1.54, 1.807) is 6.20 Å². The Labute approximate surface area is 212 Å². The molecule has 37 heavy (non-hydrogen) atoms. The molecule has 1 saturated carbocycles. The Bertz CT molecular complexity index is 1350. The molecule has 1 aliphatic heterocycles. The summed E-state index contributed by atoms with van der Waals surface area (Å²) in [5, 5.41) is 12.6. The fraction of sp³-hybridized carbons (Fsp3) is 0.370. The zero-order chi connectivity index (χ0) is 26.4. The molecule has 192 valence electrons. The van der Waals surface area contributed by atoms with E-state index in [9.17, 15) is 23.2 Å². The smallest absolute Gasteiger partial charge is 0.370 e. The van der Waals surface area contributed by atoms with Gasteiger partial charge in [0.1, 0.15) is 6.07 Å². The van der Waals surface area contributed by atoms with Crippen molar-refractivity contribution in [2.75, 3.05) is 18.0 Å². The summed E-state index contributed by atoms with van der Waals surface area (Å²) < 4.78 is 41.4. The van der Waals surface area contributed by atoms with Crippen molar-refractivity contribution in [2.24, 2.45) is 12.8 Å². The van der Waals surface area contributed by atoms with Crippen molar-refractivity contribution >= 4 is 11.6 Å². The van der Waals surface area contributed by atoms with Gasteiger partial charge in [-0.2, -0.15) is 18.4 Å². The Hall–Kier alpha value is -3.84. The summed E-state index contributed by atoms with van der Waals surface area (Å²) in [6.45, 7) is 0.785. The maximum Gasteiger partial charge on any atom is 0.416 e. The first-order valence-corrected chi connectivity index (χ1v) is 12.1. The number of halogens is 3. The summed E-state index contributed by atoms with van der Waals surface area (Å²) in [5.74, 6) is -0.119. The fourth-order valence-corrected chi connectivity index (χ4v) is 5.10. The lowest BCUT2D eigenvalue weighted by Crippen LogP contribution is -2.53. The van der Waals surface area contributed by atoms with Gasteiger partial charge in [-0.3, -0.25) is 9.78 Å². The van der Waals surface area contributed by atoms with Crippen LogP contribution in [0.2, 0.25) is 0 Å². The third kappa shape index (κ3) is 4.67. The number of rotatable bonds is 5. The van der Waals surface area contributed by atoms with E-state index < -0.39 is 17.2 Å². The van der Waals surface area contributed by atoms with Gasteiger partial charge in [-0.05, 0) is 61.2 Å². The number of aryl methyl sites for hydroxylation is 1. The van der Waals surface area contributed by atoms with E-state index in [-0.39, 0.29) is 23.6 Å². The van der Waals surface area contributed by atoms with Gasteiger partial charge in [0.25, 0.3) is 0 Å². The van der Waals surface area contributed by atoms with Gasteiger partial charge in [-0.15, -0.1) is 0 Å². The standard InChI is InChI=1S/C27H27F3N6O/c1-35-10-2-3-24(35)21-6-4-19(16-33-21)26(25(37)34-22-14-20(22)32)8-11-36(12-9-26)23-7-5-18(27(28,29)30)13-17(23)15-31/h2-7,10,13,16,20,22H,8-9,11-12,14,32H2,1H3,(H,34,37)/t20-,22-/m1/s1. The predicted molar refractivity (Wildman–Crippen MR) is 132 cm³/mol. The second-order valence-electron chi connectivity index (χ2n) is 9.83. The number of nitrogens with zero attached hydrogens (tertiary/aromatic N) is 4. The summed E-state index contributed by atoms with van der Waals surface area (Å²) in [6.07, 6.45) is 0.710. The van der Waals surface area contributed by atoms with Crippen LogP contribution in [-0.2, 0) is 23.4 Å². The molecule has 2 atom stereocenters.